The van der Waals surface area contributed by atoms with E-state index in [0.717, 1.165) is 47.3 Å². The maximum Gasteiger partial charge on any atom is 0.135 e. The number of benzene rings is 1. The lowest BCUT2D eigenvalue weighted by Crippen LogP contribution is -2.09. The van der Waals surface area contributed by atoms with Crippen molar-refractivity contribution in [3.8, 4) is 0 Å². The molecular formula is C16H20ClN3. The van der Waals surface area contributed by atoms with E-state index in [0.29, 0.717) is 0 Å². The number of aryl methyl sites for hydroxylation is 1. The van der Waals surface area contributed by atoms with E-state index in [9.17, 15) is 0 Å². The Labute approximate surface area is 125 Å². The summed E-state index contributed by atoms with van der Waals surface area (Å²) >= 11 is 5.91. The van der Waals surface area contributed by atoms with E-state index in [-0.39, 0.29) is 0 Å². The van der Waals surface area contributed by atoms with Crippen molar-refractivity contribution in [3.63, 3.8) is 0 Å². The molecule has 106 valence electrons. The molecule has 1 N–H and O–H groups in total. The van der Waals surface area contributed by atoms with Crippen LogP contribution in [0.3, 0.4) is 0 Å². The van der Waals surface area contributed by atoms with Gasteiger partial charge in [0.05, 0.1) is 0 Å². The molecule has 0 radical (unpaired) electrons. The summed E-state index contributed by atoms with van der Waals surface area (Å²) in [5, 5.41) is 4.06. The van der Waals surface area contributed by atoms with Crippen LogP contribution in [0.5, 0.6) is 0 Å². The van der Waals surface area contributed by atoms with E-state index < -0.39 is 0 Å². The zero-order valence-electron chi connectivity index (χ0n) is 12.2. The Morgan fingerprint density at radius 3 is 2.40 bits per heavy atom. The minimum Gasteiger partial charge on any atom is -0.370 e. The first-order chi connectivity index (χ1) is 9.63. The van der Waals surface area contributed by atoms with Gasteiger partial charge in [-0.1, -0.05) is 30.7 Å². The Morgan fingerprint density at radius 1 is 1.10 bits per heavy atom. The lowest BCUT2D eigenvalue weighted by atomic mass is 10.1. The summed E-state index contributed by atoms with van der Waals surface area (Å²) in [7, 11) is 0. The molecule has 2 aromatic rings. The van der Waals surface area contributed by atoms with Gasteiger partial charge >= 0.3 is 0 Å². The van der Waals surface area contributed by atoms with E-state index in [1.807, 2.05) is 24.3 Å². The zero-order chi connectivity index (χ0) is 14.5. The van der Waals surface area contributed by atoms with Crippen molar-refractivity contribution in [2.24, 2.45) is 0 Å². The van der Waals surface area contributed by atoms with E-state index >= 15 is 0 Å². The third-order valence-electron chi connectivity index (χ3n) is 3.25. The average molecular weight is 290 g/mol. The van der Waals surface area contributed by atoms with Gasteiger partial charge in [-0.15, -0.1) is 0 Å². The highest BCUT2D eigenvalue weighted by Gasteiger charge is 2.09. The first kappa shape index (κ1) is 14.8. The molecule has 3 nitrogen and oxygen atoms in total. The lowest BCUT2D eigenvalue weighted by Gasteiger charge is -2.12. The molecule has 0 aliphatic heterocycles. The quantitative estimate of drug-likeness (QED) is 0.903. The highest BCUT2D eigenvalue weighted by molar-refractivity contribution is 6.30. The molecule has 1 heterocycles. The maximum atomic E-state index is 5.91. The highest BCUT2D eigenvalue weighted by atomic mass is 35.5. The Morgan fingerprint density at radius 2 is 1.80 bits per heavy atom. The molecule has 1 aromatic heterocycles. The molecule has 4 heteroatoms. The van der Waals surface area contributed by atoms with Crippen LogP contribution in [0, 0.1) is 6.92 Å². The summed E-state index contributed by atoms with van der Waals surface area (Å²) in [6.45, 7) is 7.13. The number of rotatable bonds is 5. The van der Waals surface area contributed by atoms with Crippen LogP contribution < -0.4 is 5.32 Å². The van der Waals surface area contributed by atoms with E-state index in [1.54, 1.807) is 0 Å². The molecule has 0 bridgehead atoms. The molecule has 1 aromatic carbocycles. The van der Waals surface area contributed by atoms with E-state index in [2.05, 4.69) is 36.1 Å². The minimum atomic E-state index is 0.725. The summed E-state index contributed by atoms with van der Waals surface area (Å²) < 4.78 is 0. The molecule has 0 saturated heterocycles. The molecular weight excluding hydrogens is 270 g/mol. The standard InChI is InChI=1S/C16H20ClN3/c1-4-14-11(3)16(18-5-2)20-15(19-14)10-12-6-8-13(17)9-7-12/h6-9H,4-5,10H2,1-3H3,(H,18,19,20). The minimum absolute atomic E-state index is 0.725. The predicted octanol–water partition coefficient (Wildman–Crippen LogP) is 4.02. The van der Waals surface area contributed by atoms with Crippen molar-refractivity contribution in [1.82, 2.24) is 9.97 Å². The molecule has 0 aliphatic rings. The summed E-state index contributed by atoms with van der Waals surface area (Å²) in [5.41, 5.74) is 3.43. The second kappa shape index (κ2) is 6.71. The van der Waals surface area contributed by atoms with Crippen LogP contribution in [0.25, 0.3) is 0 Å². The Balaban J connectivity index is 2.31. The van der Waals surface area contributed by atoms with Crippen LogP contribution in [0.4, 0.5) is 5.82 Å². The van der Waals surface area contributed by atoms with Crippen molar-refractivity contribution >= 4 is 17.4 Å². The van der Waals surface area contributed by atoms with E-state index in [1.165, 1.54) is 5.56 Å². The largest absolute Gasteiger partial charge is 0.370 e. The monoisotopic (exact) mass is 289 g/mol. The summed E-state index contributed by atoms with van der Waals surface area (Å²) in [6.07, 6.45) is 1.64. The fourth-order valence-electron chi connectivity index (χ4n) is 2.16. The van der Waals surface area contributed by atoms with Crippen LogP contribution in [-0.2, 0) is 12.8 Å². The zero-order valence-corrected chi connectivity index (χ0v) is 13.0. The van der Waals surface area contributed by atoms with Gasteiger partial charge in [-0.25, -0.2) is 9.97 Å². The Hall–Kier alpha value is -1.61. The van der Waals surface area contributed by atoms with Crippen LogP contribution in [-0.4, -0.2) is 16.5 Å². The molecule has 0 fully saturated rings. The van der Waals surface area contributed by atoms with Crippen molar-refractivity contribution in [3.05, 3.63) is 51.9 Å². The van der Waals surface area contributed by atoms with Crippen molar-refractivity contribution in [1.29, 1.82) is 0 Å². The van der Waals surface area contributed by atoms with Crippen molar-refractivity contribution in [2.75, 3.05) is 11.9 Å². The summed E-state index contributed by atoms with van der Waals surface area (Å²) in [4.78, 5) is 9.30. The first-order valence-electron chi connectivity index (χ1n) is 6.98. The third-order valence-corrected chi connectivity index (χ3v) is 3.50. The van der Waals surface area contributed by atoms with Crippen LogP contribution in [0.2, 0.25) is 5.02 Å². The van der Waals surface area contributed by atoms with Crippen LogP contribution in [0.1, 0.15) is 36.5 Å². The highest BCUT2D eigenvalue weighted by Crippen LogP contribution is 2.18. The SMILES string of the molecule is CCNc1nc(Cc2ccc(Cl)cc2)nc(CC)c1C. The number of hydrogen-bond acceptors (Lipinski definition) is 3. The molecule has 0 amide bonds. The fourth-order valence-corrected chi connectivity index (χ4v) is 2.29. The smallest absolute Gasteiger partial charge is 0.135 e. The Kier molecular flexibility index (Phi) is 4.96. The number of aromatic nitrogens is 2. The topological polar surface area (TPSA) is 37.8 Å². The second-order valence-corrected chi connectivity index (χ2v) is 5.18. The molecule has 0 atom stereocenters. The normalized spacial score (nSPS) is 10.6. The maximum absolute atomic E-state index is 5.91. The van der Waals surface area contributed by atoms with Crippen LogP contribution >= 0.6 is 11.6 Å². The van der Waals surface area contributed by atoms with Crippen molar-refractivity contribution < 1.29 is 0 Å². The van der Waals surface area contributed by atoms with Gasteiger partial charge in [-0.05, 0) is 38.0 Å². The number of nitrogens with one attached hydrogen (secondary N) is 1. The lowest BCUT2D eigenvalue weighted by molar-refractivity contribution is 0.887. The van der Waals surface area contributed by atoms with Gasteiger partial charge in [-0.2, -0.15) is 0 Å². The number of halogens is 1. The number of anilines is 1. The van der Waals surface area contributed by atoms with Gasteiger partial charge in [-0.3, -0.25) is 0 Å². The summed E-state index contributed by atoms with van der Waals surface area (Å²) in [5.74, 6) is 1.80. The molecule has 0 saturated carbocycles. The Bertz CT molecular complexity index is 579. The fraction of sp³-hybridized carbons (Fsp3) is 0.375. The van der Waals surface area contributed by atoms with Gasteiger partial charge in [0.15, 0.2) is 0 Å². The second-order valence-electron chi connectivity index (χ2n) is 4.75. The molecule has 2 rings (SSSR count). The molecule has 0 unspecified atom stereocenters. The van der Waals surface area contributed by atoms with Gasteiger partial charge in [0, 0.05) is 29.2 Å². The van der Waals surface area contributed by atoms with Gasteiger partial charge in [0.25, 0.3) is 0 Å². The number of hydrogen-bond donors (Lipinski definition) is 1. The van der Waals surface area contributed by atoms with Crippen molar-refractivity contribution in [2.45, 2.75) is 33.6 Å². The third kappa shape index (κ3) is 3.48. The van der Waals surface area contributed by atoms with Gasteiger partial charge in [0.1, 0.15) is 11.6 Å². The number of nitrogens with zero attached hydrogens (tertiary/aromatic N) is 2. The van der Waals surface area contributed by atoms with E-state index in [4.69, 9.17) is 11.6 Å². The van der Waals surface area contributed by atoms with Crippen LogP contribution in [0.15, 0.2) is 24.3 Å². The summed E-state index contributed by atoms with van der Waals surface area (Å²) in [6, 6.07) is 7.84. The van der Waals surface area contributed by atoms with Gasteiger partial charge < -0.3 is 5.32 Å². The molecule has 0 spiro atoms. The molecule has 20 heavy (non-hydrogen) atoms. The predicted molar refractivity (Wildman–Crippen MR) is 84.6 cm³/mol. The van der Waals surface area contributed by atoms with Gasteiger partial charge in [0.2, 0.25) is 0 Å². The first-order valence-corrected chi connectivity index (χ1v) is 7.36. The average Bonchev–Trinajstić information content (AvgIpc) is 2.45. The molecule has 0 aliphatic carbocycles.